The van der Waals surface area contributed by atoms with Crippen molar-refractivity contribution in [3.8, 4) is 5.69 Å². The summed E-state index contributed by atoms with van der Waals surface area (Å²) in [5, 5.41) is 3.42. The maximum Gasteiger partial charge on any atom is 0.208 e. The summed E-state index contributed by atoms with van der Waals surface area (Å²) < 4.78 is 66.0. The third kappa shape index (κ3) is 2.03. The first-order valence-electron chi connectivity index (χ1n) is 4.57. The van der Waals surface area contributed by atoms with Crippen molar-refractivity contribution in [1.82, 2.24) is 14.8 Å². The Bertz CT molecular complexity index is 654. The van der Waals surface area contributed by atoms with E-state index in [1.165, 1.54) is 0 Å². The zero-order chi connectivity index (χ0) is 14.3. The fourth-order valence-corrected chi connectivity index (χ4v) is 1.37. The Hall–Kier alpha value is -2.10. The van der Waals surface area contributed by atoms with Crippen molar-refractivity contribution in [2.75, 3.05) is 0 Å². The second kappa shape index (κ2) is 4.53. The minimum Gasteiger partial charge on any atom is -0.387 e. The predicted octanol–water partition coefficient (Wildman–Crippen LogP) is 1.60. The van der Waals surface area contributed by atoms with E-state index >= 15 is 0 Å². The Balaban J connectivity index is 2.71. The number of nitrogens with zero attached hydrogens (tertiary/aromatic N) is 3. The summed E-state index contributed by atoms with van der Waals surface area (Å²) in [6.07, 6.45) is 0.729. The largest absolute Gasteiger partial charge is 0.387 e. The van der Waals surface area contributed by atoms with Crippen molar-refractivity contribution in [2.24, 2.45) is 5.73 Å². The minimum atomic E-state index is -2.26. The van der Waals surface area contributed by atoms with Crippen LogP contribution in [0, 0.1) is 29.1 Å². The normalized spacial score (nSPS) is 10.8. The van der Waals surface area contributed by atoms with E-state index in [1.54, 1.807) is 0 Å². The highest BCUT2D eigenvalue weighted by Gasteiger charge is 2.27. The van der Waals surface area contributed by atoms with Crippen molar-refractivity contribution in [3.63, 3.8) is 0 Å². The first kappa shape index (κ1) is 13.3. The van der Waals surface area contributed by atoms with Crippen LogP contribution in [-0.2, 0) is 0 Å². The molecule has 4 nitrogen and oxygen atoms in total. The topological polar surface area (TPSA) is 56.7 Å². The minimum absolute atomic E-state index is 0.265. The van der Waals surface area contributed by atoms with Crippen LogP contribution in [0.25, 0.3) is 5.69 Å². The van der Waals surface area contributed by atoms with Crippen molar-refractivity contribution < 1.29 is 22.0 Å². The molecule has 1 aromatic heterocycles. The third-order valence-corrected chi connectivity index (χ3v) is 2.31. The molecule has 0 aliphatic heterocycles. The quantitative estimate of drug-likeness (QED) is 0.395. The molecular weight excluding hydrogens is 291 g/mol. The highest BCUT2D eigenvalue weighted by atomic mass is 32.1. The lowest BCUT2D eigenvalue weighted by molar-refractivity contribution is 0.374. The average Bonchev–Trinajstić information content (AvgIpc) is 2.84. The van der Waals surface area contributed by atoms with E-state index in [9.17, 15) is 22.0 Å². The van der Waals surface area contributed by atoms with Gasteiger partial charge in [-0.05, 0) is 0 Å². The number of hydrogen-bond acceptors (Lipinski definition) is 3. The van der Waals surface area contributed by atoms with Crippen LogP contribution in [0.2, 0.25) is 0 Å². The van der Waals surface area contributed by atoms with Gasteiger partial charge in [0.05, 0.1) is 0 Å². The SMILES string of the molecule is NC(=S)c1ncn(-c2c(F)c(F)c(F)c(F)c2F)n1. The number of rotatable bonds is 2. The smallest absolute Gasteiger partial charge is 0.208 e. The van der Waals surface area contributed by atoms with Crippen LogP contribution in [0.15, 0.2) is 6.33 Å². The van der Waals surface area contributed by atoms with Gasteiger partial charge < -0.3 is 5.73 Å². The first-order chi connectivity index (χ1) is 8.84. The average molecular weight is 294 g/mol. The van der Waals surface area contributed by atoms with Crippen LogP contribution in [0.5, 0.6) is 0 Å². The van der Waals surface area contributed by atoms with Gasteiger partial charge in [0.2, 0.25) is 11.6 Å². The van der Waals surface area contributed by atoms with E-state index in [0.29, 0.717) is 4.68 Å². The Morgan fingerprint density at radius 2 is 1.47 bits per heavy atom. The molecule has 2 aromatic rings. The molecule has 0 fully saturated rings. The molecule has 0 amide bonds. The second-order valence-electron chi connectivity index (χ2n) is 3.30. The molecule has 0 aliphatic carbocycles. The lowest BCUT2D eigenvalue weighted by atomic mass is 10.2. The number of benzene rings is 1. The van der Waals surface area contributed by atoms with E-state index < -0.39 is 34.8 Å². The Kier molecular flexibility index (Phi) is 3.18. The van der Waals surface area contributed by atoms with Crippen LogP contribution in [0.4, 0.5) is 22.0 Å². The highest BCUT2D eigenvalue weighted by molar-refractivity contribution is 7.80. The number of halogens is 5. The Morgan fingerprint density at radius 1 is 1.00 bits per heavy atom. The van der Waals surface area contributed by atoms with Gasteiger partial charge in [-0.2, -0.15) is 0 Å². The molecule has 0 unspecified atom stereocenters. The number of aromatic nitrogens is 3. The van der Waals surface area contributed by atoms with E-state index in [-0.39, 0.29) is 10.8 Å². The molecule has 19 heavy (non-hydrogen) atoms. The lowest BCUT2D eigenvalue weighted by Crippen LogP contribution is -2.14. The molecular formula is C9H3F5N4S. The summed E-state index contributed by atoms with van der Waals surface area (Å²) >= 11 is 4.51. The Morgan fingerprint density at radius 3 is 1.89 bits per heavy atom. The van der Waals surface area contributed by atoms with Gasteiger partial charge in [0, 0.05) is 0 Å². The van der Waals surface area contributed by atoms with Crippen molar-refractivity contribution in [2.45, 2.75) is 0 Å². The second-order valence-corrected chi connectivity index (χ2v) is 3.74. The van der Waals surface area contributed by atoms with Crippen LogP contribution in [0.1, 0.15) is 5.82 Å². The molecule has 0 saturated carbocycles. The van der Waals surface area contributed by atoms with Gasteiger partial charge in [-0.3, -0.25) is 0 Å². The summed E-state index contributed by atoms with van der Waals surface area (Å²) in [6.45, 7) is 0. The molecule has 0 atom stereocenters. The number of hydrogen-bond donors (Lipinski definition) is 1. The van der Waals surface area contributed by atoms with Crippen LogP contribution in [0.3, 0.4) is 0 Å². The van der Waals surface area contributed by atoms with E-state index in [4.69, 9.17) is 5.73 Å². The summed E-state index contributed by atoms with van der Waals surface area (Å²) in [6, 6.07) is 0. The molecule has 0 bridgehead atoms. The van der Waals surface area contributed by atoms with Gasteiger partial charge in [0.15, 0.2) is 23.3 Å². The maximum absolute atomic E-state index is 13.4. The summed E-state index contributed by atoms with van der Waals surface area (Å²) in [4.78, 5) is 3.18. The predicted molar refractivity (Wildman–Crippen MR) is 57.0 cm³/mol. The van der Waals surface area contributed by atoms with Crippen LogP contribution < -0.4 is 5.73 Å². The van der Waals surface area contributed by atoms with Crippen LogP contribution in [-0.4, -0.2) is 19.8 Å². The van der Waals surface area contributed by atoms with Gasteiger partial charge in [-0.1, -0.05) is 12.2 Å². The lowest BCUT2D eigenvalue weighted by Gasteiger charge is -2.07. The first-order valence-corrected chi connectivity index (χ1v) is 4.98. The highest BCUT2D eigenvalue weighted by Crippen LogP contribution is 2.25. The van der Waals surface area contributed by atoms with E-state index in [0.717, 1.165) is 6.33 Å². The van der Waals surface area contributed by atoms with Gasteiger partial charge in [-0.25, -0.2) is 31.6 Å². The zero-order valence-electron chi connectivity index (χ0n) is 8.79. The molecule has 0 spiro atoms. The van der Waals surface area contributed by atoms with E-state index in [2.05, 4.69) is 22.3 Å². The zero-order valence-corrected chi connectivity index (χ0v) is 9.61. The van der Waals surface area contributed by atoms with Gasteiger partial charge in [0.25, 0.3) is 0 Å². The number of thiocarbonyl (C=S) groups is 1. The Labute approximate surface area is 107 Å². The van der Waals surface area contributed by atoms with Crippen molar-refractivity contribution in [3.05, 3.63) is 41.2 Å². The standard InChI is InChI=1S/C9H3F5N4S/c10-2-3(11)5(13)7(6(14)4(2)12)18-1-16-9(17-18)8(15)19/h1H,(H2,15,19). The fourth-order valence-electron chi connectivity index (χ4n) is 1.28. The van der Waals surface area contributed by atoms with Gasteiger partial charge >= 0.3 is 0 Å². The van der Waals surface area contributed by atoms with E-state index in [1.807, 2.05) is 0 Å². The summed E-state index contributed by atoms with van der Waals surface area (Å²) in [5.41, 5.74) is 3.90. The van der Waals surface area contributed by atoms with Crippen molar-refractivity contribution >= 4 is 17.2 Å². The molecule has 1 aromatic carbocycles. The molecule has 1 heterocycles. The third-order valence-electron chi connectivity index (χ3n) is 2.13. The van der Waals surface area contributed by atoms with Gasteiger partial charge in [0.1, 0.15) is 17.0 Å². The summed E-state index contributed by atoms with van der Waals surface area (Å²) in [7, 11) is 0. The van der Waals surface area contributed by atoms with Gasteiger partial charge in [-0.15, -0.1) is 5.10 Å². The number of nitrogens with two attached hydrogens (primary N) is 1. The molecule has 100 valence electrons. The monoisotopic (exact) mass is 294 g/mol. The van der Waals surface area contributed by atoms with Crippen LogP contribution >= 0.6 is 12.2 Å². The molecule has 10 heteroatoms. The van der Waals surface area contributed by atoms with Crippen molar-refractivity contribution in [1.29, 1.82) is 0 Å². The molecule has 0 radical (unpaired) electrons. The molecule has 2 N–H and O–H groups in total. The molecule has 0 aliphatic rings. The fraction of sp³-hybridized carbons (Fsp3) is 0. The summed E-state index contributed by atoms with van der Waals surface area (Å²) in [5.74, 6) is -10.7. The maximum atomic E-state index is 13.4. The molecule has 0 saturated heterocycles. The molecule has 2 rings (SSSR count).